The van der Waals surface area contributed by atoms with Crippen molar-refractivity contribution < 1.29 is 14.1 Å². The molecule has 0 aliphatic rings. The Morgan fingerprint density at radius 2 is 2.07 bits per heavy atom. The van der Waals surface area contributed by atoms with Crippen LogP contribution in [0.15, 0.2) is 41.1 Å². The van der Waals surface area contributed by atoms with E-state index < -0.39 is 0 Å². The molecule has 0 amide bonds. The molecule has 0 unspecified atom stereocenters. The largest absolute Gasteiger partial charge is 0.423 e. The fraction of sp³-hybridized carbons (Fsp3) is 0. The van der Waals surface area contributed by atoms with E-state index in [-0.39, 0.29) is 0 Å². The zero-order valence-electron chi connectivity index (χ0n) is 7.21. The Hall–Kier alpha value is -2.10. The summed E-state index contributed by atoms with van der Waals surface area (Å²) < 4.78 is 9.66. The van der Waals surface area contributed by atoms with Crippen LogP contribution in [0, 0.1) is 0 Å². The number of rotatable bonds is 3. The van der Waals surface area contributed by atoms with Crippen molar-refractivity contribution in [2.45, 2.75) is 0 Å². The predicted octanol–water partition coefficient (Wildman–Crippen LogP) is 1.88. The average Bonchev–Trinajstić information content (AvgIpc) is 2.68. The van der Waals surface area contributed by atoms with E-state index in [1.54, 1.807) is 0 Å². The minimum absolute atomic E-state index is 0.325. The minimum Gasteiger partial charge on any atom is -0.423 e. The second-order valence-corrected chi connectivity index (χ2v) is 2.60. The third kappa shape index (κ3) is 1.50. The Labute approximate surface area is 80.1 Å². The van der Waals surface area contributed by atoms with E-state index >= 15 is 0 Å². The van der Waals surface area contributed by atoms with Crippen molar-refractivity contribution in [1.82, 2.24) is 5.16 Å². The quantitative estimate of drug-likeness (QED) is 0.691. The molecule has 4 heteroatoms. The van der Waals surface area contributed by atoms with Gasteiger partial charge in [0.1, 0.15) is 6.20 Å². The van der Waals surface area contributed by atoms with E-state index in [2.05, 4.69) is 5.16 Å². The monoisotopic (exact) mass is 189 g/mol. The van der Waals surface area contributed by atoms with Gasteiger partial charge in [0.15, 0.2) is 5.75 Å². The lowest BCUT2D eigenvalue weighted by Gasteiger charge is -1.96. The van der Waals surface area contributed by atoms with Crippen molar-refractivity contribution in [3.63, 3.8) is 0 Å². The van der Waals surface area contributed by atoms with Gasteiger partial charge in [-0.25, -0.2) is 0 Å². The second-order valence-electron chi connectivity index (χ2n) is 2.60. The highest BCUT2D eigenvalue weighted by molar-refractivity contribution is 5.65. The van der Waals surface area contributed by atoms with Crippen molar-refractivity contribution in [3.05, 3.63) is 36.5 Å². The Morgan fingerprint density at radius 1 is 1.29 bits per heavy atom. The summed E-state index contributed by atoms with van der Waals surface area (Å²) in [7, 11) is 0. The first-order chi connectivity index (χ1) is 6.92. The smallest absolute Gasteiger partial charge is 0.298 e. The lowest BCUT2D eigenvalue weighted by molar-refractivity contribution is -0.120. The van der Waals surface area contributed by atoms with Crippen LogP contribution in [0.3, 0.4) is 0 Å². The van der Waals surface area contributed by atoms with Gasteiger partial charge in [-0.2, -0.15) is 0 Å². The van der Waals surface area contributed by atoms with Gasteiger partial charge in [-0.05, 0) is 0 Å². The van der Waals surface area contributed by atoms with Crippen LogP contribution < -0.4 is 4.74 Å². The van der Waals surface area contributed by atoms with Gasteiger partial charge in [0.25, 0.3) is 6.47 Å². The van der Waals surface area contributed by atoms with Crippen LogP contribution in [0.5, 0.6) is 5.75 Å². The third-order valence-corrected chi connectivity index (χ3v) is 1.75. The molecule has 0 saturated heterocycles. The van der Waals surface area contributed by atoms with Gasteiger partial charge >= 0.3 is 0 Å². The van der Waals surface area contributed by atoms with Gasteiger partial charge in [-0.3, -0.25) is 4.79 Å². The number of ether oxygens (including phenoxy) is 1. The van der Waals surface area contributed by atoms with Crippen LogP contribution in [0.2, 0.25) is 0 Å². The number of carbonyl (C=O) groups excluding carboxylic acids is 1. The van der Waals surface area contributed by atoms with Gasteiger partial charge in [0.2, 0.25) is 5.76 Å². The van der Waals surface area contributed by atoms with Crippen molar-refractivity contribution in [2.75, 3.05) is 0 Å². The summed E-state index contributed by atoms with van der Waals surface area (Å²) >= 11 is 0. The molecule has 0 saturated carbocycles. The molecule has 0 radical (unpaired) electrons. The molecule has 0 bridgehead atoms. The Bertz CT molecular complexity index is 422. The number of hydrogen-bond donors (Lipinski definition) is 0. The lowest BCUT2D eigenvalue weighted by atomic mass is 10.2. The molecule has 0 aliphatic carbocycles. The lowest BCUT2D eigenvalue weighted by Crippen LogP contribution is -1.87. The normalized spacial score (nSPS) is 9.71. The predicted molar refractivity (Wildman–Crippen MR) is 48.6 cm³/mol. The molecule has 1 aromatic carbocycles. The molecule has 0 atom stereocenters. The molecule has 0 N–H and O–H groups in total. The maximum atomic E-state index is 10.2. The zero-order chi connectivity index (χ0) is 9.80. The number of hydrogen-bond acceptors (Lipinski definition) is 4. The van der Waals surface area contributed by atoms with Crippen molar-refractivity contribution in [1.29, 1.82) is 0 Å². The number of benzene rings is 1. The van der Waals surface area contributed by atoms with Crippen LogP contribution in [-0.4, -0.2) is 11.6 Å². The maximum Gasteiger partial charge on any atom is 0.298 e. The van der Waals surface area contributed by atoms with Gasteiger partial charge in [-0.1, -0.05) is 35.5 Å². The second kappa shape index (κ2) is 3.74. The molecule has 70 valence electrons. The molecule has 1 heterocycles. The Balaban J connectivity index is 2.41. The third-order valence-electron chi connectivity index (χ3n) is 1.75. The molecule has 1 aromatic heterocycles. The fourth-order valence-corrected chi connectivity index (χ4v) is 1.15. The number of carbonyl (C=O) groups is 1. The standard InChI is InChI=1S/C10H7NO3/c12-7-13-9-6-11-14-10(9)8-4-2-1-3-5-8/h1-7H. The fourth-order valence-electron chi connectivity index (χ4n) is 1.15. The Morgan fingerprint density at radius 3 is 2.79 bits per heavy atom. The molecule has 0 spiro atoms. The Kier molecular flexibility index (Phi) is 2.27. The average molecular weight is 189 g/mol. The number of aromatic nitrogens is 1. The molecule has 14 heavy (non-hydrogen) atoms. The topological polar surface area (TPSA) is 52.3 Å². The van der Waals surface area contributed by atoms with Crippen LogP contribution in [0.1, 0.15) is 0 Å². The van der Waals surface area contributed by atoms with E-state index in [0.717, 1.165) is 5.56 Å². The van der Waals surface area contributed by atoms with Crippen LogP contribution in [0.25, 0.3) is 11.3 Å². The summed E-state index contributed by atoms with van der Waals surface area (Å²) in [4.78, 5) is 10.2. The van der Waals surface area contributed by atoms with E-state index in [1.807, 2.05) is 30.3 Å². The van der Waals surface area contributed by atoms with Crippen molar-refractivity contribution in [3.8, 4) is 17.1 Å². The summed E-state index contributed by atoms with van der Waals surface area (Å²) in [6.45, 7) is 0.346. The van der Waals surface area contributed by atoms with Gasteiger partial charge in [-0.15, -0.1) is 0 Å². The maximum absolute atomic E-state index is 10.2. The SMILES string of the molecule is O=COc1cnoc1-c1ccccc1. The summed E-state index contributed by atoms with van der Waals surface area (Å²) in [5, 5.41) is 3.56. The van der Waals surface area contributed by atoms with Gasteiger partial charge in [0.05, 0.1) is 0 Å². The van der Waals surface area contributed by atoms with Crippen LogP contribution in [0.4, 0.5) is 0 Å². The van der Waals surface area contributed by atoms with Crippen molar-refractivity contribution in [2.24, 2.45) is 0 Å². The summed E-state index contributed by atoms with van der Waals surface area (Å²) in [6.07, 6.45) is 1.36. The first kappa shape index (κ1) is 8.50. The van der Waals surface area contributed by atoms with Crippen LogP contribution >= 0.6 is 0 Å². The number of nitrogens with zero attached hydrogens (tertiary/aromatic N) is 1. The van der Waals surface area contributed by atoms with E-state index in [1.165, 1.54) is 6.20 Å². The first-order valence-electron chi connectivity index (χ1n) is 4.02. The van der Waals surface area contributed by atoms with Gasteiger partial charge < -0.3 is 9.26 Å². The first-order valence-corrected chi connectivity index (χ1v) is 4.02. The van der Waals surface area contributed by atoms with Gasteiger partial charge in [0, 0.05) is 5.56 Å². The van der Waals surface area contributed by atoms with E-state index in [0.29, 0.717) is 18.0 Å². The summed E-state index contributed by atoms with van der Waals surface area (Å²) in [5.41, 5.74) is 0.821. The molecular weight excluding hydrogens is 182 g/mol. The molecular formula is C10H7NO3. The molecule has 2 aromatic rings. The van der Waals surface area contributed by atoms with Crippen LogP contribution in [-0.2, 0) is 4.79 Å². The molecule has 0 fully saturated rings. The molecule has 4 nitrogen and oxygen atoms in total. The minimum atomic E-state index is 0.325. The van der Waals surface area contributed by atoms with Crippen molar-refractivity contribution >= 4 is 6.47 Å². The molecule has 0 aliphatic heterocycles. The molecule has 2 rings (SSSR count). The summed E-state index contributed by atoms with van der Waals surface area (Å²) in [6, 6.07) is 9.31. The van der Waals surface area contributed by atoms with E-state index in [4.69, 9.17) is 9.26 Å². The highest BCUT2D eigenvalue weighted by Gasteiger charge is 2.10. The van der Waals surface area contributed by atoms with E-state index in [9.17, 15) is 4.79 Å². The zero-order valence-corrected chi connectivity index (χ0v) is 7.21. The highest BCUT2D eigenvalue weighted by Crippen LogP contribution is 2.28. The highest BCUT2D eigenvalue weighted by atomic mass is 16.5. The summed E-state index contributed by atoms with van der Waals surface area (Å²) in [5.74, 6) is 0.781.